The van der Waals surface area contributed by atoms with Gasteiger partial charge in [-0.3, -0.25) is 10.2 Å². The maximum Gasteiger partial charge on any atom is 0.0580 e. The summed E-state index contributed by atoms with van der Waals surface area (Å²) in [6, 6.07) is 0. The highest BCUT2D eigenvalue weighted by Crippen LogP contribution is 1.97. The minimum absolute atomic E-state index is 0.0786. The highest BCUT2D eigenvalue weighted by molar-refractivity contribution is 4.72. The molecule has 1 fully saturated rings. The second-order valence-corrected chi connectivity index (χ2v) is 3.42. The largest absolute Gasteiger partial charge is 0.316 e. The van der Waals surface area contributed by atoms with Crippen molar-refractivity contribution >= 4 is 0 Å². The fraction of sp³-hybridized carbons (Fsp3) is 1.00. The first-order valence-electron chi connectivity index (χ1n) is 4.66. The minimum atomic E-state index is 0.0786. The van der Waals surface area contributed by atoms with E-state index in [-0.39, 0.29) is 6.17 Å². The highest BCUT2D eigenvalue weighted by atomic mass is 15.3. The third-order valence-electron chi connectivity index (χ3n) is 2.20. The molecule has 2 atom stereocenters. The average molecular weight is 172 g/mol. The van der Waals surface area contributed by atoms with E-state index in [2.05, 4.69) is 22.5 Å². The van der Waals surface area contributed by atoms with Crippen LogP contribution >= 0.6 is 0 Å². The van der Waals surface area contributed by atoms with E-state index < -0.39 is 0 Å². The van der Waals surface area contributed by atoms with Gasteiger partial charge in [0.25, 0.3) is 0 Å². The van der Waals surface area contributed by atoms with Crippen LogP contribution in [0.25, 0.3) is 0 Å². The minimum Gasteiger partial charge on any atom is -0.316 e. The zero-order valence-electron chi connectivity index (χ0n) is 8.01. The van der Waals surface area contributed by atoms with E-state index in [9.17, 15) is 0 Å². The summed E-state index contributed by atoms with van der Waals surface area (Å²) < 4.78 is 0. The van der Waals surface area contributed by atoms with Crippen molar-refractivity contribution < 1.29 is 0 Å². The lowest BCUT2D eigenvalue weighted by molar-refractivity contribution is 0.149. The van der Waals surface area contributed by atoms with Crippen molar-refractivity contribution in [2.75, 3.05) is 26.2 Å². The Morgan fingerprint density at radius 2 is 1.92 bits per heavy atom. The smallest absolute Gasteiger partial charge is 0.0580 e. The average Bonchev–Trinajstić information content (AvgIpc) is 2.05. The van der Waals surface area contributed by atoms with Crippen LogP contribution in [-0.4, -0.2) is 43.4 Å². The molecule has 4 heteroatoms. The number of nitrogens with one attached hydrogen (secondary N) is 2. The summed E-state index contributed by atoms with van der Waals surface area (Å²) in [5, 5.41) is 6.61. The maximum absolute atomic E-state index is 5.65. The van der Waals surface area contributed by atoms with Gasteiger partial charge in [-0.2, -0.15) is 0 Å². The van der Waals surface area contributed by atoms with Gasteiger partial charge in [-0.1, -0.05) is 0 Å². The van der Waals surface area contributed by atoms with E-state index >= 15 is 0 Å². The summed E-state index contributed by atoms with van der Waals surface area (Å²) in [7, 11) is 0. The van der Waals surface area contributed by atoms with Gasteiger partial charge in [0.05, 0.1) is 12.3 Å². The molecule has 1 aliphatic rings. The van der Waals surface area contributed by atoms with Crippen LogP contribution in [0.2, 0.25) is 0 Å². The number of hydrogen-bond acceptors (Lipinski definition) is 4. The zero-order chi connectivity index (χ0) is 8.97. The van der Waals surface area contributed by atoms with Gasteiger partial charge >= 0.3 is 0 Å². The third kappa shape index (κ3) is 3.06. The Bertz CT molecular complexity index is 120. The molecule has 1 aliphatic heterocycles. The van der Waals surface area contributed by atoms with Crippen molar-refractivity contribution in [2.24, 2.45) is 5.73 Å². The van der Waals surface area contributed by atoms with E-state index in [1.165, 1.54) is 0 Å². The highest BCUT2D eigenvalue weighted by Gasteiger charge is 2.15. The quantitative estimate of drug-likeness (QED) is 0.485. The summed E-state index contributed by atoms with van der Waals surface area (Å²) in [5.41, 5.74) is 5.65. The second-order valence-electron chi connectivity index (χ2n) is 3.42. The van der Waals surface area contributed by atoms with E-state index in [0.717, 1.165) is 26.2 Å². The van der Waals surface area contributed by atoms with Crippen LogP contribution in [0.1, 0.15) is 13.8 Å². The lowest BCUT2D eigenvalue weighted by Crippen LogP contribution is -2.55. The number of nitrogens with two attached hydrogens (primary N) is 1. The molecule has 4 N–H and O–H groups in total. The Hall–Kier alpha value is -0.160. The van der Waals surface area contributed by atoms with E-state index in [1.807, 2.05) is 6.92 Å². The Labute approximate surface area is 74.5 Å². The van der Waals surface area contributed by atoms with Crippen LogP contribution in [0.3, 0.4) is 0 Å². The molecule has 0 aromatic carbocycles. The molecule has 0 radical (unpaired) electrons. The molecular formula is C8H20N4. The van der Waals surface area contributed by atoms with Crippen LogP contribution in [0.15, 0.2) is 0 Å². The van der Waals surface area contributed by atoms with Crippen molar-refractivity contribution in [3.8, 4) is 0 Å². The molecule has 12 heavy (non-hydrogen) atoms. The molecule has 1 rings (SSSR count). The second kappa shape index (κ2) is 4.77. The predicted molar refractivity (Wildman–Crippen MR) is 50.7 cm³/mol. The molecule has 2 unspecified atom stereocenters. The molecule has 0 spiro atoms. The summed E-state index contributed by atoms with van der Waals surface area (Å²) in [5.74, 6) is 0. The number of nitrogens with zero attached hydrogens (tertiary/aromatic N) is 1. The Morgan fingerprint density at radius 1 is 1.33 bits per heavy atom. The first-order valence-corrected chi connectivity index (χ1v) is 4.66. The number of piperazine rings is 1. The molecule has 0 aromatic heterocycles. The Morgan fingerprint density at radius 3 is 2.42 bits per heavy atom. The lowest BCUT2D eigenvalue weighted by atomic mass is 10.3. The summed E-state index contributed by atoms with van der Waals surface area (Å²) >= 11 is 0. The topological polar surface area (TPSA) is 53.3 Å². The molecular weight excluding hydrogens is 152 g/mol. The summed E-state index contributed by atoms with van der Waals surface area (Å²) in [4.78, 5) is 2.40. The summed E-state index contributed by atoms with van der Waals surface area (Å²) in [6.45, 7) is 8.53. The molecule has 0 amide bonds. The molecule has 0 aromatic rings. The van der Waals surface area contributed by atoms with Gasteiger partial charge in [0.2, 0.25) is 0 Å². The van der Waals surface area contributed by atoms with Crippen molar-refractivity contribution in [1.29, 1.82) is 0 Å². The van der Waals surface area contributed by atoms with Crippen LogP contribution in [-0.2, 0) is 0 Å². The van der Waals surface area contributed by atoms with Crippen LogP contribution < -0.4 is 16.4 Å². The first-order chi connectivity index (χ1) is 5.70. The van der Waals surface area contributed by atoms with Gasteiger partial charge in [0.15, 0.2) is 0 Å². The normalized spacial score (nSPS) is 25.2. The van der Waals surface area contributed by atoms with Crippen molar-refractivity contribution in [2.45, 2.75) is 26.2 Å². The number of hydrogen-bond donors (Lipinski definition) is 3. The molecule has 0 saturated carbocycles. The van der Waals surface area contributed by atoms with E-state index in [1.54, 1.807) is 0 Å². The number of rotatable bonds is 3. The maximum atomic E-state index is 5.65. The van der Waals surface area contributed by atoms with Crippen molar-refractivity contribution in [1.82, 2.24) is 15.5 Å². The monoisotopic (exact) mass is 172 g/mol. The zero-order valence-corrected chi connectivity index (χ0v) is 8.01. The third-order valence-corrected chi connectivity index (χ3v) is 2.20. The lowest BCUT2D eigenvalue weighted by Gasteiger charge is -2.34. The first kappa shape index (κ1) is 9.92. The molecule has 0 bridgehead atoms. The Kier molecular flexibility index (Phi) is 3.94. The molecule has 4 nitrogen and oxygen atoms in total. The standard InChI is InChI=1S/C8H20N4/c1-7(9)11-8(2)12-5-3-10-4-6-12/h7-8,10-11H,3-6,9H2,1-2H3. The van der Waals surface area contributed by atoms with Gasteiger partial charge in [-0.15, -0.1) is 0 Å². The van der Waals surface area contributed by atoms with Gasteiger partial charge in [-0.25, -0.2) is 0 Å². The van der Waals surface area contributed by atoms with Crippen LogP contribution in [0.4, 0.5) is 0 Å². The van der Waals surface area contributed by atoms with Gasteiger partial charge in [-0.05, 0) is 13.8 Å². The van der Waals surface area contributed by atoms with E-state index in [4.69, 9.17) is 5.73 Å². The van der Waals surface area contributed by atoms with Gasteiger partial charge in [0.1, 0.15) is 0 Å². The predicted octanol–water partition coefficient (Wildman–Crippen LogP) is -0.868. The molecule has 0 aliphatic carbocycles. The van der Waals surface area contributed by atoms with Gasteiger partial charge in [0, 0.05) is 26.2 Å². The SMILES string of the molecule is CC(N)NC(C)N1CCNCC1. The van der Waals surface area contributed by atoms with Gasteiger partial charge < -0.3 is 11.1 Å². The van der Waals surface area contributed by atoms with E-state index in [0.29, 0.717) is 6.17 Å². The summed E-state index contributed by atoms with van der Waals surface area (Å²) in [6.07, 6.45) is 0.474. The van der Waals surface area contributed by atoms with Crippen molar-refractivity contribution in [3.05, 3.63) is 0 Å². The van der Waals surface area contributed by atoms with Crippen LogP contribution in [0, 0.1) is 0 Å². The van der Waals surface area contributed by atoms with Crippen LogP contribution in [0.5, 0.6) is 0 Å². The molecule has 1 heterocycles. The fourth-order valence-electron chi connectivity index (χ4n) is 1.56. The Balaban J connectivity index is 2.24. The fourth-order valence-corrected chi connectivity index (χ4v) is 1.56. The molecule has 72 valence electrons. The molecule has 1 saturated heterocycles. The van der Waals surface area contributed by atoms with Crippen molar-refractivity contribution in [3.63, 3.8) is 0 Å².